The molecule has 0 bridgehead atoms. The summed E-state index contributed by atoms with van der Waals surface area (Å²) < 4.78 is 42.5. The molecule has 1 aliphatic heterocycles. The number of amidine groups is 1. The molecule has 0 saturated carbocycles. The van der Waals surface area contributed by atoms with Crippen molar-refractivity contribution in [1.82, 2.24) is 14.8 Å². The van der Waals surface area contributed by atoms with Crippen LogP contribution in [0.25, 0.3) is 17.1 Å². The normalized spacial score (nSPS) is 15.1. The number of para-hydroxylation sites is 1. The van der Waals surface area contributed by atoms with Crippen LogP contribution in [0.2, 0.25) is 0 Å². The average molecular weight is 551 g/mol. The Morgan fingerprint density at radius 1 is 1.00 bits per heavy atom. The Balaban J connectivity index is 1.25. The molecule has 0 aliphatic carbocycles. The molecular formula is C28H25F3N6OS. The Hall–Kier alpha value is -4.12. The molecule has 0 radical (unpaired) electrons. The Labute approximate surface area is 228 Å². The van der Waals surface area contributed by atoms with Crippen LogP contribution in [0.4, 0.5) is 18.9 Å². The van der Waals surface area contributed by atoms with Crippen LogP contribution in [0.1, 0.15) is 30.9 Å². The lowest BCUT2D eigenvalue weighted by Gasteiger charge is -2.22. The van der Waals surface area contributed by atoms with Crippen molar-refractivity contribution in [2.75, 3.05) is 17.2 Å². The number of rotatable bonds is 7. The van der Waals surface area contributed by atoms with Crippen molar-refractivity contribution in [3.05, 3.63) is 90.3 Å². The first kappa shape index (κ1) is 26.5. The van der Waals surface area contributed by atoms with Crippen LogP contribution < -0.4 is 9.64 Å². The van der Waals surface area contributed by atoms with Crippen molar-refractivity contribution in [3.8, 4) is 22.8 Å². The zero-order valence-electron chi connectivity index (χ0n) is 21.2. The van der Waals surface area contributed by atoms with Gasteiger partial charge in [-0.25, -0.2) is 9.67 Å². The molecule has 5 rings (SSSR count). The molecule has 0 unspecified atom stereocenters. The van der Waals surface area contributed by atoms with E-state index >= 15 is 0 Å². The molecule has 39 heavy (non-hydrogen) atoms. The standard InChI is InChI=1S/C28H25F3N6OS/c1-19(2)24-5-3-4-6-25(24)36-15-16-39-27(36)34-33-17-20-7-9-21(10-8-20)26-32-18-37(35-26)22-11-13-23(14-12-22)38-28(29,30)31/h3-14,17-19H,15-16H2,1-2H3. The molecule has 0 N–H and O–H groups in total. The summed E-state index contributed by atoms with van der Waals surface area (Å²) in [5.41, 5.74) is 4.68. The molecule has 1 aliphatic rings. The first-order valence-corrected chi connectivity index (χ1v) is 13.2. The second-order valence-corrected chi connectivity index (χ2v) is 10.1. The largest absolute Gasteiger partial charge is 0.573 e. The van der Waals surface area contributed by atoms with E-state index in [-0.39, 0.29) is 5.75 Å². The van der Waals surface area contributed by atoms with E-state index in [0.717, 1.165) is 28.6 Å². The predicted octanol–water partition coefficient (Wildman–Crippen LogP) is 6.90. The monoisotopic (exact) mass is 550 g/mol. The summed E-state index contributed by atoms with van der Waals surface area (Å²) in [4.78, 5) is 6.54. The molecular weight excluding hydrogens is 525 g/mol. The maximum Gasteiger partial charge on any atom is 0.573 e. The van der Waals surface area contributed by atoms with Crippen LogP contribution in [0.15, 0.2) is 89.3 Å². The van der Waals surface area contributed by atoms with Gasteiger partial charge in [0.15, 0.2) is 11.0 Å². The summed E-state index contributed by atoms with van der Waals surface area (Å²) in [6.45, 7) is 5.27. The number of anilines is 1. The number of hydrogen-bond donors (Lipinski definition) is 0. The minimum Gasteiger partial charge on any atom is -0.406 e. The molecule has 1 saturated heterocycles. The number of ether oxygens (including phenoxy) is 1. The summed E-state index contributed by atoms with van der Waals surface area (Å²) in [5.74, 6) is 1.56. The number of thioether (sulfide) groups is 1. The van der Waals surface area contributed by atoms with Gasteiger partial charge in [0, 0.05) is 23.5 Å². The SMILES string of the molecule is CC(C)c1ccccc1N1CCSC1=NN=Cc1ccc(-c2ncn(-c3ccc(OC(F)(F)F)cc3)n2)cc1. The van der Waals surface area contributed by atoms with Gasteiger partial charge in [-0.15, -0.1) is 23.4 Å². The summed E-state index contributed by atoms with van der Waals surface area (Å²) in [6.07, 6.45) is -1.52. The lowest BCUT2D eigenvalue weighted by Crippen LogP contribution is -2.24. The molecule has 3 aromatic carbocycles. The van der Waals surface area contributed by atoms with Gasteiger partial charge in [-0.05, 0) is 47.4 Å². The second kappa shape index (κ2) is 11.3. The summed E-state index contributed by atoms with van der Waals surface area (Å²) in [5, 5.41) is 14.1. The van der Waals surface area contributed by atoms with Gasteiger partial charge in [0.2, 0.25) is 0 Å². The van der Waals surface area contributed by atoms with E-state index < -0.39 is 6.36 Å². The van der Waals surface area contributed by atoms with Crippen LogP contribution >= 0.6 is 11.8 Å². The number of aromatic nitrogens is 3. The van der Waals surface area contributed by atoms with Gasteiger partial charge in [-0.1, -0.05) is 68.1 Å². The predicted molar refractivity (Wildman–Crippen MR) is 149 cm³/mol. The zero-order chi connectivity index (χ0) is 27.4. The van der Waals surface area contributed by atoms with E-state index in [4.69, 9.17) is 0 Å². The first-order valence-electron chi connectivity index (χ1n) is 12.3. The van der Waals surface area contributed by atoms with E-state index in [1.54, 1.807) is 18.0 Å². The molecule has 200 valence electrons. The molecule has 4 aromatic rings. The van der Waals surface area contributed by atoms with Crippen LogP contribution in [0.5, 0.6) is 5.75 Å². The highest BCUT2D eigenvalue weighted by atomic mass is 32.2. The Kier molecular flexibility index (Phi) is 7.69. The Morgan fingerprint density at radius 3 is 2.46 bits per heavy atom. The number of alkyl halides is 3. The highest BCUT2D eigenvalue weighted by Gasteiger charge is 2.31. The van der Waals surface area contributed by atoms with Gasteiger partial charge >= 0.3 is 6.36 Å². The summed E-state index contributed by atoms with van der Waals surface area (Å²) >= 11 is 1.69. The van der Waals surface area contributed by atoms with Gasteiger partial charge in [-0.3, -0.25) is 0 Å². The van der Waals surface area contributed by atoms with E-state index in [1.807, 2.05) is 30.3 Å². The van der Waals surface area contributed by atoms with E-state index in [0.29, 0.717) is 17.4 Å². The summed E-state index contributed by atoms with van der Waals surface area (Å²) in [6, 6.07) is 21.4. The Bertz CT molecular complexity index is 1480. The minimum atomic E-state index is -4.73. The lowest BCUT2D eigenvalue weighted by molar-refractivity contribution is -0.274. The van der Waals surface area contributed by atoms with Crippen molar-refractivity contribution >= 4 is 28.8 Å². The topological polar surface area (TPSA) is 67.9 Å². The third kappa shape index (κ3) is 6.48. The third-order valence-corrected chi connectivity index (χ3v) is 6.92. The molecule has 0 spiro atoms. The fraction of sp³-hybridized carbons (Fsp3) is 0.214. The van der Waals surface area contributed by atoms with Crippen LogP contribution in [0, 0.1) is 0 Å². The highest BCUT2D eigenvalue weighted by molar-refractivity contribution is 8.14. The molecule has 0 atom stereocenters. The maximum atomic E-state index is 12.4. The maximum absolute atomic E-state index is 12.4. The van der Waals surface area contributed by atoms with Crippen LogP contribution in [0.3, 0.4) is 0 Å². The highest BCUT2D eigenvalue weighted by Crippen LogP contribution is 2.32. The van der Waals surface area contributed by atoms with Gasteiger partial charge < -0.3 is 9.64 Å². The number of benzene rings is 3. The van der Waals surface area contributed by atoms with Gasteiger partial charge in [-0.2, -0.15) is 5.10 Å². The Morgan fingerprint density at radius 2 is 1.74 bits per heavy atom. The molecule has 1 fully saturated rings. The fourth-order valence-electron chi connectivity index (χ4n) is 4.11. The van der Waals surface area contributed by atoms with Gasteiger partial charge in [0.1, 0.15) is 12.1 Å². The zero-order valence-corrected chi connectivity index (χ0v) is 22.0. The van der Waals surface area contributed by atoms with Gasteiger partial charge in [0.05, 0.1) is 11.9 Å². The van der Waals surface area contributed by atoms with Crippen molar-refractivity contribution < 1.29 is 17.9 Å². The molecule has 2 heterocycles. The van der Waals surface area contributed by atoms with Crippen molar-refractivity contribution in [2.24, 2.45) is 10.2 Å². The quantitative estimate of drug-likeness (QED) is 0.185. The fourth-order valence-corrected chi connectivity index (χ4v) is 5.02. The van der Waals surface area contributed by atoms with E-state index in [1.165, 1.54) is 46.5 Å². The molecule has 0 amide bonds. The molecule has 11 heteroatoms. The summed E-state index contributed by atoms with van der Waals surface area (Å²) in [7, 11) is 0. The first-order chi connectivity index (χ1) is 18.8. The second-order valence-electron chi connectivity index (χ2n) is 9.02. The minimum absolute atomic E-state index is 0.298. The van der Waals surface area contributed by atoms with Crippen molar-refractivity contribution in [1.29, 1.82) is 0 Å². The smallest absolute Gasteiger partial charge is 0.406 e. The van der Waals surface area contributed by atoms with Crippen LogP contribution in [-0.4, -0.2) is 44.8 Å². The van der Waals surface area contributed by atoms with Crippen LogP contribution in [-0.2, 0) is 0 Å². The number of hydrogen-bond acceptors (Lipinski definition) is 6. The average Bonchev–Trinajstić information content (AvgIpc) is 3.59. The van der Waals surface area contributed by atoms with Crippen molar-refractivity contribution in [2.45, 2.75) is 26.1 Å². The molecule has 1 aromatic heterocycles. The van der Waals surface area contributed by atoms with Gasteiger partial charge in [0.25, 0.3) is 0 Å². The van der Waals surface area contributed by atoms with Crippen molar-refractivity contribution in [3.63, 3.8) is 0 Å². The van der Waals surface area contributed by atoms with E-state index in [9.17, 15) is 13.2 Å². The van der Waals surface area contributed by atoms with E-state index in [2.05, 4.69) is 62.0 Å². The number of halogens is 3. The lowest BCUT2D eigenvalue weighted by atomic mass is 10.0. The third-order valence-electron chi connectivity index (χ3n) is 5.97. The molecule has 7 nitrogen and oxygen atoms in total. The number of nitrogens with zero attached hydrogens (tertiary/aromatic N) is 6.